The number of hydrogen-bond acceptors (Lipinski definition) is 6. The first kappa shape index (κ1) is 25.0. The Bertz CT molecular complexity index is 1010. The van der Waals surface area contributed by atoms with Crippen LogP contribution in [0.3, 0.4) is 0 Å². The maximum Gasteiger partial charge on any atom is 0.317 e. The molecule has 1 heterocycles. The average molecular weight is 472 g/mol. The molecule has 1 aliphatic rings. The largest absolute Gasteiger partial charge is 0.496 e. The molecular weight excluding hydrogens is 438 g/mol. The lowest BCUT2D eigenvalue weighted by Gasteiger charge is -2.35. The highest BCUT2D eigenvalue weighted by atomic mass is 16.5. The van der Waals surface area contributed by atoms with Crippen LogP contribution in [0.4, 0.5) is 4.79 Å². The van der Waals surface area contributed by atoms with Gasteiger partial charge in [0.2, 0.25) is 5.75 Å². The molecule has 0 aliphatic carbocycles. The summed E-state index contributed by atoms with van der Waals surface area (Å²) in [5.74, 6) is 2.17. The van der Waals surface area contributed by atoms with Gasteiger partial charge in [0.05, 0.1) is 34.5 Å². The molecule has 0 spiro atoms. The number of urea groups is 1. The summed E-state index contributed by atoms with van der Waals surface area (Å²) in [6.07, 6.45) is 0. The topological polar surface area (TPSA) is 89.6 Å². The van der Waals surface area contributed by atoms with Crippen molar-refractivity contribution in [1.82, 2.24) is 15.1 Å². The molecule has 0 aromatic heterocycles. The average Bonchev–Trinajstić information content (AvgIpc) is 2.87. The van der Waals surface area contributed by atoms with Gasteiger partial charge in [-0.25, -0.2) is 4.79 Å². The Labute approximate surface area is 200 Å². The number of benzene rings is 2. The number of carbonyl (C=O) groups is 2. The molecule has 3 rings (SSSR count). The van der Waals surface area contributed by atoms with Crippen LogP contribution in [0.5, 0.6) is 23.0 Å². The molecule has 1 atom stereocenters. The fourth-order valence-corrected chi connectivity index (χ4v) is 3.96. The van der Waals surface area contributed by atoms with Crippen molar-refractivity contribution in [3.63, 3.8) is 0 Å². The molecule has 1 aliphatic heterocycles. The van der Waals surface area contributed by atoms with Crippen molar-refractivity contribution in [2.75, 3.05) is 54.6 Å². The number of carbonyl (C=O) groups excluding carboxylic acids is 2. The third-order valence-corrected chi connectivity index (χ3v) is 6.04. The zero-order chi connectivity index (χ0) is 24.8. The van der Waals surface area contributed by atoms with Crippen molar-refractivity contribution in [2.45, 2.75) is 19.9 Å². The summed E-state index contributed by atoms with van der Waals surface area (Å²) in [6.45, 7) is 5.64. The molecule has 0 bridgehead atoms. The Morgan fingerprint density at radius 2 is 1.38 bits per heavy atom. The standard InChI is InChI=1S/C25H33N3O6/c1-16-7-8-18(13-20(16)31-3)24(29)27-9-11-28(12-10-27)25(30)26-17(2)19-14-21(32-4)23(34-6)22(15-19)33-5/h7-8,13-15,17H,9-12H2,1-6H3,(H,26,30). The minimum Gasteiger partial charge on any atom is -0.496 e. The van der Waals surface area contributed by atoms with E-state index in [1.54, 1.807) is 50.4 Å². The van der Waals surface area contributed by atoms with Gasteiger partial charge in [0.25, 0.3) is 5.91 Å². The molecular formula is C25H33N3O6. The van der Waals surface area contributed by atoms with E-state index in [0.29, 0.717) is 54.7 Å². The van der Waals surface area contributed by atoms with Crippen LogP contribution in [0.25, 0.3) is 0 Å². The molecule has 9 nitrogen and oxygen atoms in total. The molecule has 0 radical (unpaired) electrons. The molecule has 1 saturated heterocycles. The highest BCUT2D eigenvalue weighted by molar-refractivity contribution is 5.95. The minimum absolute atomic E-state index is 0.0656. The summed E-state index contributed by atoms with van der Waals surface area (Å²) in [7, 11) is 6.24. The second kappa shape index (κ2) is 11.0. The Hall–Kier alpha value is -3.62. The van der Waals surface area contributed by atoms with E-state index in [9.17, 15) is 9.59 Å². The summed E-state index contributed by atoms with van der Waals surface area (Å²) in [4.78, 5) is 29.3. The number of rotatable bonds is 7. The van der Waals surface area contributed by atoms with E-state index in [-0.39, 0.29) is 18.0 Å². The van der Waals surface area contributed by atoms with Crippen molar-refractivity contribution in [1.29, 1.82) is 0 Å². The van der Waals surface area contributed by atoms with Crippen LogP contribution < -0.4 is 24.3 Å². The predicted molar refractivity (Wildman–Crippen MR) is 128 cm³/mol. The summed E-state index contributed by atoms with van der Waals surface area (Å²) >= 11 is 0. The van der Waals surface area contributed by atoms with Crippen LogP contribution in [0.15, 0.2) is 30.3 Å². The van der Waals surface area contributed by atoms with Gasteiger partial charge in [0.15, 0.2) is 11.5 Å². The molecule has 0 saturated carbocycles. The number of amides is 3. The number of ether oxygens (including phenoxy) is 4. The van der Waals surface area contributed by atoms with E-state index in [1.165, 1.54) is 0 Å². The van der Waals surface area contributed by atoms with E-state index in [0.717, 1.165) is 11.1 Å². The lowest BCUT2D eigenvalue weighted by Crippen LogP contribution is -2.53. The number of piperazine rings is 1. The van der Waals surface area contributed by atoms with Gasteiger partial charge in [-0.3, -0.25) is 4.79 Å². The third-order valence-electron chi connectivity index (χ3n) is 6.04. The number of aryl methyl sites for hydroxylation is 1. The summed E-state index contributed by atoms with van der Waals surface area (Å²) in [6, 6.07) is 8.60. The van der Waals surface area contributed by atoms with Crippen molar-refractivity contribution in [3.05, 3.63) is 47.0 Å². The van der Waals surface area contributed by atoms with Crippen LogP contribution in [0.1, 0.15) is 34.5 Å². The van der Waals surface area contributed by atoms with E-state index < -0.39 is 0 Å². The number of nitrogens with one attached hydrogen (secondary N) is 1. The lowest BCUT2D eigenvalue weighted by molar-refractivity contribution is 0.0663. The van der Waals surface area contributed by atoms with Crippen molar-refractivity contribution in [3.8, 4) is 23.0 Å². The SMILES string of the molecule is COc1cc(C(=O)N2CCN(C(=O)NC(C)c3cc(OC)c(OC)c(OC)c3)CC2)ccc1C. The summed E-state index contributed by atoms with van der Waals surface area (Å²) < 4.78 is 21.5. The monoisotopic (exact) mass is 471 g/mol. The first-order valence-electron chi connectivity index (χ1n) is 11.1. The highest BCUT2D eigenvalue weighted by Crippen LogP contribution is 2.39. The molecule has 184 valence electrons. The fourth-order valence-electron chi connectivity index (χ4n) is 3.96. The molecule has 1 fully saturated rings. The lowest BCUT2D eigenvalue weighted by atomic mass is 10.1. The highest BCUT2D eigenvalue weighted by Gasteiger charge is 2.26. The smallest absolute Gasteiger partial charge is 0.317 e. The Morgan fingerprint density at radius 3 is 1.91 bits per heavy atom. The van der Waals surface area contributed by atoms with Crippen molar-refractivity contribution in [2.24, 2.45) is 0 Å². The van der Waals surface area contributed by atoms with E-state index in [4.69, 9.17) is 18.9 Å². The second-order valence-corrected chi connectivity index (χ2v) is 8.09. The second-order valence-electron chi connectivity index (χ2n) is 8.09. The van der Waals surface area contributed by atoms with Crippen LogP contribution >= 0.6 is 0 Å². The Kier molecular flexibility index (Phi) is 8.09. The first-order valence-corrected chi connectivity index (χ1v) is 11.1. The molecule has 2 aromatic rings. The molecule has 9 heteroatoms. The fraction of sp³-hybridized carbons (Fsp3) is 0.440. The van der Waals surface area contributed by atoms with Gasteiger partial charge in [0.1, 0.15) is 5.75 Å². The van der Waals surface area contributed by atoms with Gasteiger partial charge in [-0.1, -0.05) is 6.07 Å². The van der Waals surface area contributed by atoms with Gasteiger partial charge >= 0.3 is 6.03 Å². The van der Waals surface area contributed by atoms with Crippen LogP contribution in [-0.4, -0.2) is 76.4 Å². The van der Waals surface area contributed by atoms with Crippen LogP contribution in [-0.2, 0) is 0 Å². The van der Waals surface area contributed by atoms with Gasteiger partial charge in [0, 0.05) is 31.7 Å². The van der Waals surface area contributed by atoms with Crippen molar-refractivity contribution < 1.29 is 28.5 Å². The summed E-state index contributed by atoms with van der Waals surface area (Å²) in [5, 5.41) is 3.02. The quantitative estimate of drug-likeness (QED) is 0.667. The third kappa shape index (κ3) is 5.30. The minimum atomic E-state index is -0.291. The molecule has 3 amide bonds. The van der Waals surface area contributed by atoms with Gasteiger partial charge in [-0.2, -0.15) is 0 Å². The normalized spacial score (nSPS) is 14.3. The molecule has 1 unspecified atom stereocenters. The zero-order valence-electron chi connectivity index (χ0n) is 20.6. The zero-order valence-corrected chi connectivity index (χ0v) is 20.6. The van der Waals surface area contributed by atoms with E-state index in [2.05, 4.69) is 5.32 Å². The molecule has 2 aromatic carbocycles. The van der Waals surface area contributed by atoms with Gasteiger partial charge < -0.3 is 34.1 Å². The maximum absolute atomic E-state index is 12.9. The summed E-state index contributed by atoms with van der Waals surface area (Å²) in [5.41, 5.74) is 2.38. The van der Waals surface area contributed by atoms with Crippen LogP contribution in [0.2, 0.25) is 0 Å². The van der Waals surface area contributed by atoms with E-state index >= 15 is 0 Å². The van der Waals surface area contributed by atoms with Crippen LogP contribution in [0, 0.1) is 6.92 Å². The maximum atomic E-state index is 12.9. The Balaban J connectivity index is 1.61. The number of hydrogen-bond donors (Lipinski definition) is 1. The van der Waals surface area contributed by atoms with Crippen molar-refractivity contribution >= 4 is 11.9 Å². The van der Waals surface area contributed by atoms with Gasteiger partial charge in [-0.05, 0) is 49.2 Å². The molecule has 34 heavy (non-hydrogen) atoms. The number of nitrogens with zero attached hydrogens (tertiary/aromatic N) is 2. The first-order chi connectivity index (χ1) is 16.3. The predicted octanol–water partition coefficient (Wildman–Crippen LogP) is 3.26. The number of methoxy groups -OCH3 is 4. The Morgan fingerprint density at radius 1 is 0.824 bits per heavy atom. The molecule has 1 N–H and O–H groups in total. The van der Waals surface area contributed by atoms with Gasteiger partial charge in [-0.15, -0.1) is 0 Å². The van der Waals surface area contributed by atoms with E-state index in [1.807, 2.05) is 32.0 Å².